The van der Waals surface area contributed by atoms with Gasteiger partial charge in [0, 0.05) is 12.3 Å². The maximum Gasteiger partial charge on any atom is 0.354 e. The van der Waals surface area contributed by atoms with Crippen LogP contribution in [0.4, 0.5) is 0 Å². The predicted molar refractivity (Wildman–Crippen MR) is 38.1 cm³/mol. The highest BCUT2D eigenvalue weighted by Crippen LogP contribution is 1.95. The van der Waals surface area contributed by atoms with Gasteiger partial charge in [-0.05, 0) is 6.07 Å². The molecule has 12 heavy (non-hydrogen) atoms. The minimum atomic E-state index is -0.784. The summed E-state index contributed by atoms with van der Waals surface area (Å²) in [5.74, 6) is -0.784. The van der Waals surface area contributed by atoms with E-state index in [1.54, 1.807) is 0 Å². The first-order valence-electron chi connectivity index (χ1n) is 3.03. The van der Waals surface area contributed by atoms with Gasteiger partial charge in [-0.2, -0.15) is 0 Å². The second kappa shape index (κ2) is 3.34. The Morgan fingerprint density at radius 1 is 1.58 bits per heavy atom. The van der Waals surface area contributed by atoms with Crippen molar-refractivity contribution in [2.75, 3.05) is 0 Å². The quantitative estimate of drug-likeness (QED) is 0.468. The number of ether oxygens (including phenoxy) is 1. The molecule has 1 N–H and O–H groups in total. The van der Waals surface area contributed by atoms with Crippen molar-refractivity contribution < 1.29 is 9.53 Å². The topological polar surface area (TPSA) is 82.9 Å². The van der Waals surface area contributed by atoms with Gasteiger partial charge in [-0.15, -0.1) is 5.26 Å². The minimum Gasteiger partial charge on any atom is -0.347 e. The van der Waals surface area contributed by atoms with E-state index in [1.807, 2.05) is 0 Å². The maximum atomic E-state index is 10.8. The Hall–Kier alpha value is -2.09. The Morgan fingerprint density at radius 2 is 2.33 bits per heavy atom. The van der Waals surface area contributed by atoms with Crippen molar-refractivity contribution in [3.8, 4) is 6.26 Å². The number of aromatic amines is 1. The van der Waals surface area contributed by atoms with E-state index >= 15 is 0 Å². The molecule has 0 fully saturated rings. The third kappa shape index (κ3) is 1.70. The molecule has 0 spiro atoms. The van der Waals surface area contributed by atoms with Crippen molar-refractivity contribution in [3.63, 3.8) is 0 Å². The first-order chi connectivity index (χ1) is 5.74. The van der Waals surface area contributed by atoms with Gasteiger partial charge in [0.25, 0.3) is 6.26 Å². The zero-order chi connectivity index (χ0) is 8.97. The first-order valence-corrected chi connectivity index (χ1v) is 3.03. The predicted octanol–water partition coefficient (Wildman–Crippen LogP) is 0.0128. The number of hydrogen-bond acceptors (Lipinski definition) is 4. The number of nitrogens with one attached hydrogen (secondary N) is 1. The second-order valence-corrected chi connectivity index (χ2v) is 1.92. The highest BCUT2D eigenvalue weighted by molar-refractivity contribution is 5.89. The third-order valence-corrected chi connectivity index (χ3v) is 1.16. The summed E-state index contributed by atoms with van der Waals surface area (Å²) in [4.78, 5) is 23.6. The summed E-state index contributed by atoms with van der Waals surface area (Å²) in [7, 11) is 0. The number of carbonyl (C=O) groups excluding carboxylic acids is 1. The van der Waals surface area contributed by atoms with Crippen LogP contribution in [0, 0.1) is 11.5 Å². The molecule has 5 nitrogen and oxygen atoms in total. The summed E-state index contributed by atoms with van der Waals surface area (Å²) >= 11 is 0. The average Bonchev–Trinajstić information content (AvgIpc) is 2.06. The second-order valence-electron chi connectivity index (χ2n) is 1.92. The molecule has 1 aromatic rings. The molecule has 0 radical (unpaired) electrons. The van der Waals surface area contributed by atoms with E-state index in [0.717, 1.165) is 0 Å². The molecule has 0 aliphatic heterocycles. The number of rotatable bonds is 1. The van der Waals surface area contributed by atoms with Gasteiger partial charge < -0.3 is 9.72 Å². The highest BCUT2D eigenvalue weighted by Gasteiger charge is 2.05. The number of nitrogens with zero attached hydrogens (tertiary/aromatic N) is 1. The van der Waals surface area contributed by atoms with E-state index in [2.05, 4.69) is 9.72 Å². The molecule has 0 saturated carbocycles. The molecule has 1 heterocycles. The fraction of sp³-hybridized carbons (Fsp3) is 0. The molecule has 0 amide bonds. The molecule has 1 aromatic heterocycles. The van der Waals surface area contributed by atoms with Gasteiger partial charge in [-0.25, -0.2) is 4.79 Å². The molecule has 0 saturated heterocycles. The van der Waals surface area contributed by atoms with Crippen molar-refractivity contribution in [3.05, 3.63) is 34.2 Å². The normalized spacial score (nSPS) is 8.58. The lowest BCUT2D eigenvalue weighted by atomic mass is 10.3. The Morgan fingerprint density at radius 3 is 2.83 bits per heavy atom. The average molecular weight is 164 g/mol. The van der Waals surface area contributed by atoms with Gasteiger partial charge in [-0.1, -0.05) is 0 Å². The van der Waals surface area contributed by atoms with Crippen LogP contribution in [0.25, 0.3) is 0 Å². The van der Waals surface area contributed by atoms with Crippen LogP contribution in [0.2, 0.25) is 0 Å². The minimum absolute atomic E-state index is 0.135. The molecule has 1 rings (SSSR count). The van der Waals surface area contributed by atoms with E-state index < -0.39 is 5.97 Å². The zero-order valence-electron chi connectivity index (χ0n) is 5.90. The molecule has 60 valence electrons. The van der Waals surface area contributed by atoms with Crippen molar-refractivity contribution in [2.45, 2.75) is 0 Å². The van der Waals surface area contributed by atoms with Crippen LogP contribution >= 0.6 is 0 Å². The van der Waals surface area contributed by atoms with Gasteiger partial charge in [0.15, 0.2) is 0 Å². The van der Waals surface area contributed by atoms with E-state index in [4.69, 9.17) is 5.26 Å². The third-order valence-electron chi connectivity index (χ3n) is 1.16. The van der Waals surface area contributed by atoms with E-state index in [0.29, 0.717) is 0 Å². The number of pyridine rings is 1. The molecular formula is C7H4N2O3. The molecule has 0 unspecified atom stereocenters. The molecule has 0 aliphatic carbocycles. The van der Waals surface area contributed by atoms with E-state index in [1.165, 1.54) is 24.6 Å². The number of esters is 1. The smallest absolute Gasteiger partial charge is 0.347 e. The molecular weight excluding hydrogens is 160 g/mol. The van der Waals surface area contributed by atoms with Gasteiger partial charge in [0.1, 0.15) is 0 Å². The summed E-state index contributed by atoms with van der Waals surface area (Å²) in [5, 5.41) is 7.99. The lowest BCUT2D eigenvalue weighted by molar-refractivity contribution is 0.0684. The number of hydrogen-bond donors (Lipinski definition) is 1. The Kier molecular flexibility index (Phi) is 2.23. The monoisotopic (exact) mass is 164 g/mol. The van der Waals surface area contributed by atoms with Crippen LogP contribution in [0.1, 0.15) is 10.4 Å². The van der Waals surface area contributed by atoms with Crippen LogP contribution < -0.4 is 5.56 Å². The SMILES string of the molecule is N#COC(=O)c1ccc(=O)[nH]c1. The lowest BCUT2D eigenvalue weighted by Gasteiger charge is -1.92. The van der Waals surface area contributed by atoms with Crippen LogP contribution in [0.3, 0.4) is 0 Å². The van der Waals surface area contributed by atoms with Gasteiger partial charge in [0.2, 0.25) is 5.56 Å². The van der Waals surface area contributed by atoms with Gasteiger partial charge in [0.05, 0.1) is 5.56 Å². The molecule has 0 bridgehead atoms. The standard InChI is InChI=1S/C7H4N2O3/c8-4-12-7(11)5-1-2-6(10)9-3-5/h1-3H,(H,9,10). The van der Waals surface area contributed by atoms with Gasteiger partial charge >= 0.3 is 5.97 Å². The summed E-state index contributed by atoms with van der Waals surface area (Å²) in [6.07, 6.45) is 2.42. The van der Waals surface area contributed by atoms with E-state index in [-0.39, 0.29) is 11.1 Å². The number of H-pyrrole nitrogens is 1. The number of aromatic nitrogens is 1. The Balaban J connectivity index is 2.91. The molecule has 5 heteroatoms. The summed E-state index contributed by atoms with van der Waals surface area (Å²) in [6.45, 7) is 0. The van der Waals surface area contributed by atoms with Crippen molar-refractivity contribution >= 4 is 5.97 Å². The summed E-state index contributed by atoms with van der Waals surface area (Å²) in [5.41, 5.74) is -0.181. The van der Waals surface area contributed by atoms with Crippen LogP contribution in [-0.2, 0) is 4.74 Å². The van der Waals surface area contributed by atoms with Gasteiger partial charge in [-0.3, -0.25) is 4.79 Å². The molecule has 0 aromatic carbocycles. The summed E-state index contributed by atoms with van der Waals surface area (Å²) in [6, 6.07) is 2.45. The van der Waals surface area contributed by atoms with Crippen molar-refractivity contribution in [2.24, 2.45) is 0 Å². The fourth-order valence-corrected chi connectivity index (χ4v) is 0.638. The Bertz CT molecular complexity index is 368. The first kappa shape index (κ1) is 8.01. The van der Waals surface area contributed by atoms with E-state index in [9.17, 15) is 9.59 Å². The van der Waals surface area contributed by atoms with Crippen molar-refractivity contribution in [1.29, 1.82) is 5.26 Å². The van der Waals surface area contributed by atoms with Crippen LogP contribution in [0.15, 0.2) is 23.1 Å². The summed E-state index contributed by atoms with van der Waals surface area (Å²) < 4.78 is 4.01. The largest absolute Gasteiger partial charge is 0.354 e. The van der Waals surface area contributed by atoms with Crippen molar-refractivity contribution in [1.82, 2.24) is 4.98 Å². The van der Waals surface area contributed by atoms with Crippen LogP contribution in [-0.4, -0.2) is 11.0 Å². The lowest BCUT2D eigenvalue weighted by Crippen LogP contribution is -2.07. The highest BCUT2D eigenvalue weighted by atomic mass is 16.5. The van der Waals surface area contributed by atoms with Crippen LogP contribution in [0.5, 0.6) is 0 Å². The zero-order valence-corrected chi connectivity index (χ0v) is 5.90. The number of carbonyl (C=O) groups is 1. The fourth-order valence-electron chi connectivity index (χ4n) is 0.638. The molecule has 0 aliphatic rings. The number of nitriles is 1. The molecule has 0 atom stereocenters. The maximum absolute atomic E-state index is 10.8. The Labute approximate surface area is 67.2 Å².